The van der Waals surface area contributed by atoms with Crippen LogP contribution in [-0.2, 0) is 6.54 Å². The van der Waals surface area contributed by atoms with Gasteiger partial charge in [-0.05, 0) is 50.0 Å². The van der Waals surface area contributed by atoms with Gasteiger partial charge in [-0.1, -0.05) is 13.8 Å². The van der Waals surface area contributed by atoms with Gasteiger partial charge in [-0.2, -0.15) is 5.10 Å². The first-order valence-electron chi connectivity index (χ1n) is 7.45. The maximum Gasteiger partial charge on any atom is 0.262 e. The van der Waals surface area contributed by atoms with Gasteiger partial charge in [0.15, 0.2) is 10.6 Å². The number of aromatic amines is 1. The van der Waals surface area contributed by atoms with Gasteiger partial charge in [0.25, 0.3) is 5.56 Å². The molecule has 5 nitrogen and oxygen atoms in total. The first-order chi connectivity index (χ1) is 10.0. The van der Waals surface area contributed by atoms with Crippen molar-refractivity contribution in [1.29, 1.82) is 0 Å². The summed E-state index contributed by atoms with van der Waals surface area (Å²) in [4.78, 5) is 12.9. The Morgan fingerprint density at radius 2 is 2.14 bits per heavy atom. The summed E-state index contributed by atoms with van der Waals surface area (Å²) in [6.45, 7) is 6.93. The van der Waals surface area contributed by atoms with Crippen molar-refractivity contribution in [1.82, 2.24) is 19.3 Å². The van der Waals surface area contributed by atoms with Crippen LogP contribution < -0.4 is 5.56 Å². The molecule has 0 bridgehead atoms. The Morgan fingerprint density at radius 3 is 2.71 bits per heavy atom. The molecule has 0 aliphatic heterocycles. The lowest BCUT2D eigenvalue weighted by atomic mass is 10.1. The molecule has 21 heavy (non-hydrogen) atoms. The van der Waals surface area contributed by atoms with E-state index >= 15 is 0 Å². The molecule has 0 spiro atoms. The maximum absolute atomic E-state index is 12.9. The smallest absolute Gasteiger partial charge is 0.262 e. The topological polar surface area (TPSA) is 55.6 Å². The highest BCUT2D eigenvalue weighted by Crippen LogP contribution is 2.36. The SMILES string of the molecule is CCn1c(-c2ccc(C(C)C)n(C3CC3)c2=O)n[nH]c1=S. The highest BCUT2D eigenvalue weighted by Gasteiger charge is 2.29. The number of hydrogen-bond donors (Lipinski definition) is 1. The minimum absolute atomic E-state index is 0.0485. The molecular formula is C15H20N4OS. The van der Waals surface area contributed by atoms with E-state index < -0.39 is 0 Å². The molecular weight excluding hydrogens is 284 g/mol. The van der Waals surface area contributed by atoms with E-state index in [4.69, 9.17) is 12.2 Å². The van der Waals surface area contributed by atoms with E-state index in [9.17, 15) is 4.79 Å². The fraction of sp³-hybridized carbons (Fsp3) is 0.533. The molecule has 0 unspecified atom stereocenters. The molecule has 112 valence electrons. The second-order valence-electron chi connectivity index (χ2n) is 5.83. The molecule has 1 saturated carbocycles. The molecule has 0 aromatic carbocycles. The Bertz CT molecular complexity index is 780. The largest absolute Gasteiger partial charge is 0.309 e. The average Bonchev–Trinajstić information content (AvgIpc) is 3.21. The minimum atomic E-state index is 0.0485. The predicted molar refractivity (Wildman–Crippen MR) is 85.1 cm³/mol. The average molecular weight is 304 g/mol. The van der Waals surface area contributed by atoms with E-state index in [1.807, 2.05) is 22.1 Å². The molecule has 0 amide bonds. The zero-order valence-electron chi connectivity index (χ0n) is 12.6. The van der Waals surface area contributed by atoms with E-state index in [0.29, 0.717) is 34.7 Å². The zero-order chi connectivity index (χ0) is 15.1. The molecule has 2 aromatic rings. The van der Waals surface area contributed by atoms with Crippen LogP contribution in [0.25, 0.3) is 11.4 Å². The van der Waals surface area contributed by atoms with Crippen LogP contribution >= 0.6 is 12.2 Å². The van der Waals surface area contributed by atoms with Crippen molar-refractivity contribution in [2.75, 3.05) is 0 Å². The third kappa shape index (κ3) is 2.37. The van der Waals surface area contributed by atoms with Crippen LogP contribution in [0.4, 0.5) is 0 Å². The fourth-order valence-corrected chi connectivity index (χ4v) is 3.00. The number of pyridine rings is 1. The van der Waals surface area contributed by atoms with Crippen molar-refractivity contribution in [3.63, 3.8) is 0 Å². The summed E-state index contributed by atoms with van der Waals surface area (Å²) in [5, 5.41) is 7.03. The number of nitrogens with one attached hydrogen (secondary N) is 1. The lowest BCUT2D eigenvalue weighted by Gasteiger charge is -2.16. The number of aromatic nitrogens is 4. The van der Waals surface area contributed by atoms with E-state index in [-0.39, 0.29) is 5.56 Å². The van der Waals surface area contributed by atoms with Crippen molar-refractivity contribution in [2.45, 2.75) is 52.1 Å². The number of nitrogens with zero attached hydrogens (tertiary/aromatic N) is 3. The molecule has 0 atom stereocenters. The van der Waals surface area contributed by atoms with Crippen molar-refractivity contribution in [3.05, 3.63) is 33.0 Å². The lowest BCUT2D eigenvalue weighted by molar-refractivity contribution is 0.625. The molecule has 1 fully saturated rings. The fourth-order valence-electron chi connectivity index (χ4n) is 2.73. The standard InChI is InChI=1S/C15H20N4OS/c1-4-18-13(16-17-15(18)21)11-7-8-12(9(2)3)19(14(11)20)10-5-6-10/h7-10H,4-6H2,1-3H3,(H,17,21). The summed E-state index contributed by atoms with van der Waals surface area (Å²) in [7, 11) is 0. The Labute approximate surface area is 128 Å². The van der Waals surface area contributed by atoms with Gasteiger partial charge in [0.1, 0.15) is 0 Å². The Kier molecular flexibility index (Phi) is 3.57. The number of rotatable bonds is 4. The molecule has 1 aliphatic rings. The summed E-state index contributed by atoms with van der Waals surface area (Å²) >= 11 is 5.22. The van der Waals surface area contributed by atoms with Crippen molar-refractivity contribution in [3.8, 4) is 11.4 Å². The summed E-state index contributed by atoms with van der Waals surface area (Å²) in [6, 6.07) is 4.29. The predicted octanol–water partition coefficient (Wildman–Crippen LogP) is 3.25. The first kappa shape index (κ1) is 14.3. The molecule has 1 N–H and O–H groups in total. The molecule has 2 aromatic heterocycles. The van der Waals surface area contributed by atoms with Crippen LogP contribution in [-0.4, -0.2) is 19.3 Å². The van der Waals surface area contributed by atoms with Crippen molar-refractivity contribution >= 4 is 12.2 Å². The second-order valence-corrected chi connectivity index (χ2v) is 6.22. The van der Waals surface area contributed by atoms with E-state index in [2.05, 4.69) is 30.1 Å². The normalized spacial score (nSPS) is 14.9. The van der Waals surface area contributed by atoms with E-state index in [1.54, 1.807) is 0 Å². The Morgan fingerprint density at radius 1 is 1.43 bits per heavy atom. The van der Waals surface area contributed by atoms with E-state index in [0.717, 1.165) is 18.5 Å². The highest BCUT2D eigenvalue weighted by atomic mass is 32.1. The zero-order valence-corrected chi connectivity index (χ0v) is 13.4. The minimum Gasteiger partial charge on any atom is -0.309 e. The van der Waals surface area contributed by atoms with Crippen LogP contribution in [0.5, 0.6) is 0 Å². The summed E-state index contributed by atoms with van der Waals surface area (Å²) in [5.74, 6) is 0.969. The monoisotopic (exact) mass is 304 g/mol. The number of hydrogen-bond acceptors (Lipinski definition) is 3. The van der Waals surface area contributed by atoms with Gasteiger partial charge in [0, 0.05) is 18.3 Å². The maximum atomic E-state index is 12.9. The Balaban J connectivity index is 2.23. The van der Waals surface area contributed by atoms with Crippen molar-refractivity contribution in [2.24, 2.45) is 0 Å². The molecule has 3 rings (SSSR count). The lowest BCUT2D eigenvalue weighted by Crippen LogP contribution is -2.25. The van der Waals surface area contributed by atoms with Crippen LogP contribution in [0.3, 0.4) is 0 Å². The van der Waals surface area contributed by atoms with Gasteiger partial charge >= 0.3 is 0 Å². The van der Waals surface area contributed by atoms with Gasteiger partial charge in [0.2, 0.25) is 0 Å². The molecule has 0 saturated heterocycles. The third-order valence-corrected chi connectivity index (χ3v) is 4.28. The molecule has 0 radical (unpaired) electrons. The van der Waals surface area contributed by atoms with Gasteiger partial charge in [-0.15, -0.1) is 0 Å². The molecule has 1 aliphatic carbocycles. The Hall–Kier alpha value is -1.69. The second kappa shape index (κ2) is 5.26. The van der Waals surface area contributed by atoms with Crippen LogP contribution in [0, 0.1) is 4.77 Å². The van der Waals surface area contributed by atoms with Crippen molar-refractivity contribution < 1.29 is 0 Å². The van der Waals surface area contributed by atoms with Gasteiger partial charge < -0.3 is 9.13 Å². The summed E-state index contributed by atoms with van der Waals surface area (Å²) in [5.41, 5.74) is 1.77. The van der Waals surface area contributed by atoms with Gasteiger partial charge in [-0.25, -0.2) is 0 Å². The van der Waals surface area contributed by atoms with Gasteiger partial charge in [0.05, 0.1) is 5.56 Å². The summed E-state index contributed by atoms with van der Waals surface area (Å²) < 4.78 is 4.37. The van der Waals surface area contributed by atoms with Gasteiger partial charge in [-0.3, -0.25) is 9.89 Å². The highest BCUT2D eigenvalue weighted by molar-refractivity contribution is 7.71. The molecule has 6 heteroatoms. The number of H-pyrrole nitrogens is 1. The quantitative estimate of drug-likeness (QED) is 0.882. The van der Waals surface area contributed by atoms with E-state index in [1.165, 1.54) is 0 Å². The van der Waals surface area contributed by atoms with Crippen LogP contribution in [0.1, 0.15) is 51.3 Å². The molecule has 2 heterocycles. The third-order valence-electron chi connectivity index (χ3n) is 3.97. The summed E-state index contributed by atoms with van der Waals surface area (Å²) in [6.07, 6.45) is 2.17. The van der Waals surface area contributed by atoms with Crippen LogP contribution in [0.15, 0.2) is 16.9 Å². The first-order valence-corrected chi connectivity index (χ1v) is 7.86. The van der Waals surface area contributed by atoms with Crippen LogP contribution in [0.2, 0.25) is 0 Å².